The number of nitrogens with zero attached hydrogens (tertiary/aromatic N) is 2. The van der Waals surface area contributed by atoms with Gasteiger partial charge in [0.15, 0.2) is 11.5 Å². The van der Waals surface area contributed by atoms with Gasteiger partial charge in [-0.1, -0.05) is 12.1 Å². The van der Waals surface area contributed by atoms with E-state index in [1.165, 1.54) is 30.0 Å². The predicted molar refractivity (Wildman–Crippen MR) is 94.3 cm³/mol. The molecule has 0 saturated carbocycles. The van der Waals surface area contributed by atoms with Crippen molar-refractivity contribution < 1.29 is 23.0 Å². The second kappa shape index (κ2) is 7.81. The summed E-state index contributed by atoms with van der Waals surface area (Å²) in [7, 11) is 1.32. The minimum Gasteiger partial charge on any atom is -0.493 e. The van der Waals surface area contributed by atoms with E-state index in [-0.39, 0.29) is 29.2 Å². The van der Waals surface area contributed by atoms with Crippen LogP contribution >= 0.6 is 0 Å². The number of ether oxygens (including phenoxy) is 2. The van der Waals surface area contributed by atoms with Crippen molar-refractivity contribution in [2.24, 2.45) is 0 Å². The average molecular weight is 375 g/mol. The number of hydrogen-bond donors (Lipinski definition) is 1. The fourth-order valence-electron chi connectivity index (χ4n) is 2.57. The summed E-state index contributed by atoms with van der Waals surface area (Å²) in [6, 6.07) is 10.9. The highest BCUT2D eigenvalue weighted by Gasteiger charge is 2.13. The van der Waals surface area contributed by atoms with Gasteiger partial charge in [-0.25, -0.2) is 0 Å². The van der Waals surface area contributed by atoms with Gasteiger partial charge in [0.2, 0.25) is 11.3 Å². The van der Waals surface area contributed by atoms with Gasteiger partial charge in [-0.15, -0.1) is 0 Å². The topological polar surface area (TPSA) is 82.5 Å². The van der Waals surface area contributed by atoms with Gasteiger partial charge in [0, 0.05) is 17.1 Å². The first-order chi connectivity index (χ1) is 13.0. The maximum absolute atomic E-state index is 12.5. The number of nitrogens with one attached hydrogen (secondary N) is 1. The van der Waals surface area contributed by atoms with Crippen LogP contribution in [0.2, 0.25) is 0 Å². The van der Waals surface area contributed by atoms with E-state index in [1.54, 1.807) is 24.3 Å². The Morgan fingerprint density at radius 2 is 2.00 bits per heavy atom. The molecule has 0 radical (unpaired) electrons. The summed E-state index contributed by atoms with van der Waals surface area (Å²) in [6.07, 6.45) is 1.14. The van der Waals surface area contributed by atoms with Crippen molar-refractivity contribution in [3.05, 3.63) is 58.9 Å². The Hall–Kier alpha value is -3.49. The summed E-state index contributed by atoms with van der Waals surface area (Å²) in [5, 5.41) is 6.99. The van der Waals surface area contributed by atoms with Crippen LogP contribution in [0.1, 0.15) is 0 Å². The number of para-hydroxylation sites is 1. The third-order valence-corrected chi connectivity index (χ3v) is 3.72. The monoisotopic (exact) mass is 375 g/mol. The number of carbonyl (C=O) groups excluding carboxylic acids is 1. The van der Waals surface area contributed by atoms with E-state index in [2.05, 4.69) is 15.2 Å². The van der Waals surface area contributed by atoms with Crippen LogP contribution in [-0.4, -0.2) is 29.4 Å². The Balaban J connectivity index is 1.81. The van der Waals surface area contributed by atoms with Gasteiger partial charge in [-0.2, -0.15) is 13.9 Å². The van der Waals surface area contributed by atoms with Crippen LogP contribution in [0.3, 0.4) is 0 Å². The van der Waals surface area contributed by atoms with Crippen LogP contribution in [0.15, 0.2) is 53.5 Å². The summed E-state index contributed by atoms with van der Waals surface area (Å²) in [4.78, 5) is 24.2. The molecule has 1 heterocycles. The first-order valence-electron chi connectivity index (χ1n) is 7.85. The standard InChI is InChI=1S/C18H15F2N3O4/c1-26-15-7-6-11(8-16(15)27-18(19)20)22-17(25)10-23-13-5-3-2-4-12(13)14(24)9-21-23/h2-9,18H,10H2,1H3,(H,22,25). The van der Waals surface area contributed by atoms with Gasteiger partial charge in [0.25, 0.3) is 0 Å². The van der Waals surface area contributed by atoms with E-state index in [9.17, 15) is 18.4 Å². The first-order valence-corrected chi connectivity index (χ1v) is 7.85. The zero-order valence-corrected chi connectivity index (χ0v) is 14.2. The highest BCUT2D eigenvalue weighted by atomic mass is 19.3. The molecule has 27 heavy (non-hydrogen) atoms. The summed E-state index contributed by atoms with van der Waals surface area (Å²) in [5.41, 5.74) is 0.518. The van der Waals surface area contributed by atoms with E-state index in [4.69, 9.17) is 4.74 Å². The molecule has 0 fully saturated rings. The number of benzene rings is 2. The lowest BCUT2D eigenvalue weighted by Crippen LogP contribution is -2.22. The summed E-state index contributed by atoms with van der Waals surface area (Å²) >= 11 is 0. The SMILES string of the molecule is COc1ccc(NC(=O)Cn2ncc(=O)c3ccccc32)cc1OC(F)F. The molecule has 0 spiro atoms. The Bertz CT molecular complexity index is 1040. The second-order valence-corrected chi connectivity index (χ2v) is 5.48. The van der Waals surface area contributed by atoms with Gasteiger partial charge in [-0.05, 0) is 24.3 Å². The van der Waals surface area contributed by atoms with Crippen LogP contribution in [-0.2, 0) is 11.3 Å². The maximum Gasteiger partial charge on any atom is 0.387 e. The number of aromatic nitrogens is 2. The Morgan fingerprint density at radius 3 is 2.74 bits per heavy atom. The van der Waals surface area contributed by atoms with E-state index in [1.807, 2.05) is 0 Å². The number of hydrogen-bond acceptors (Lipinski definition) is 5. The highest BCUT2D eigenvalue weighted by Crippen LogP contribution is 2.31. The summed E-state index contributed by atoms with van der Waals surface area (Å²) in [6.45, 7) is -3.20. The maximum atomic E-state index is 12.5. The van der Waals surface area contributed by atoms with Gasteiger partial charge >= 0.3 is 6.61 Å². The molecule has 1 aromatic heterocycles. The molecule has 1 amide bonds. The number of halogens is 2. The van der Waals surface area contributed by atoms with Crippen LogP contribution in [0.25, 0.3) is 10.9 Å². The zero-order chi connectivity index (χ0) is 19.4. The molecule has 3 aromatic rings. The Labute approximate surface area is 152 Å². The first kappa shape index (κ1) is 18.3. The van der Waals surface area contributed by atoms with E-state index in [0.717, 1.165) is 6.20 Å². The van der Waals surface area contributed by atoms with Crippen molar-refractivity contribution in [1.29, 1.82) is 0 Å². The molecule has 9 heteroatoms. The number of methoxy groups -OCH3 is 1. The number of anilines is 1. The highest BCUT2D eigenvalue weighted by molar-refractivity contribution is 5.92. The van der Waals surface area contributed by atoms with Gasteiger partial charge in [-0.3, -0.25) is 14.3 Å². The fraction of sp³-hybridized carbons (Fsp3) is 0.167. The lowest BCUT2D eigenvalue weighted by atomic mass is 10.2. The Kier molecular flexibility index (Phi) is 5.30. The molecule has 0 aliphatic rings. The van der Waals surface area contributed by atoms with Crippen LogP contribution in [0.4, 0.5) is 14.5 Å². The molecule has 0 unspecified atom stereocenters. The van der Waals surface area contributed by atoms with Crippen LogP contribution in [0.5, 0.6) is 11.5 Å². The smallest absolute Gasteiger partial charge is 0.387 e. The van der Waals surface area contributed by atoms with Crippen molar-refractivity contribution in [3.8, 4) is 11.5 Å². The van der Waals surface area contributed by atoms with Crippen molar-refractivity contribution in [2.45, 2.75) is 13.2 Å². The minimum atomic E-state index is -3.03. The van der Waals surface area contributed by atoms with Gasteiger partial charge < -0.3 is 14.8 Å². The molecule has 140 valence electrons. The number of alkyl halides is 2. The normalized spacial score (nSPS) is 10.8. The molecule has 0 saturated heterocycles. The van der Waals surface area contributed by atoms with E-state index in [0.29, 0.717) is 10.9 Å². The molecular weight excluding hydrogens is 360 g/mol. The molecule has 7 nitrogen and oxygen atoms in total. The van der Waals surface area contributed by atoms with Gasteiger partial charge in [0.1, 0.15) is 6.54 Å². The van der Waals surface area contributed by atoms with Crippen molar-refractivity contribution in [3.63, 3.8) is 0 Å². The van der Waals surface area contributed by atoms with Crippen LogP contribution < -0.4 is 20.2 Å². The molecule has 0 aliphatic heterocycles. The van der Waals surface area contributed by atoms with E-state index >= 15 is 0 Å². The molecule has 1 N–H and O–H groups in total. The number of rotatable bonds is 6. The molecule has 0 bridgehead atoms. The molecule has 0 atom stereocenters. The number of fused-ring (bicyclic) bond motifs is 1. The van der Waals surface area contributed by atoms with Crippen molar-refractivity contribution in [1.82, 2.24) is 9.78 Å². The lowest BCUT2D eigenvalue weighted by molar-refractivity contribution is -0.116. The minimum absolute atomic E-state index is 0.112. The Morgan fingerprint density at radius 1 is 1.22 bits per heavy atom. The van der Waals surface area contributed by atoms with Crippen LogP contribution in [0, 0.1) is 0 Å². The predicted octanol–water partition coefficient (Wildman–Crippen LogP) is 2.65. The third-order valence-electron chi connectivity index (χ3n) is 3.72. The second-order valence-electron chi connectivity index (χ2n) is 5.48. The summed E-state index contributed by atoms with van der Waals surface area (Å²) in [5.74, 6) is -0.539. The summed E-state index contributed by atoms with van der Waals surface area (Å²) < 4.78 is 35.7. The quantitative estimate of drug-likeness (QED) is 0.716. The van der Waals surface area contributed by atoms with Gasteiger partial charge in [0.05, 0.1) is 18.8 Å². The largest absolute Gasteiger partial charge is 0.493 e. The zero-order valence-electron chi connectivity index (χ0n) is 14.2. The number of amides is 1. The fourth-order valence-corrected chi connectivity index (χ4v) is 2.57. The third kappa shape index (κ3) is 4.20. The average Bonchev–Trinajstić information content (AvgIpc) is 2.64. The van der Waals surface area contributed by atoms with E-state index < -0.39 is 12.5 Å². The van der Waals surface area contributed by atoms with Crippen molar-refractivity contribution in [2.75, 3.05) is 12.4 Å². The molecular formula is C18H15F2N3O4. The molecule has 3 rings (SSSR count). The molecule has 2 aromatic carbocycles. The number of carbonyl (C=O) groups is 1. The van der Waals surface area contributed by atoms with Crippen molar-refractivity contribution >= 4 is 22.5 Å². The lowest BCUT2D eigenvalue weighted by Gasteiger charge is -2.13. The molecule has 0 aliphatic carbocycles.